The first-order valence-electron chi connectivity index (χ1n) is 3.81. The third-order valence-corrected chi connectivity index (χ3v) is 8.71. The molecule has 0 heterocycles. The standard InChI is InChI=1S/C6H12N2O4Se2.2ClH/c7-3(5(9)10)1-13-14-2-4(8)6(11)12;;/h3-4H,1-2,7-8H2,(H,9,10)(H,11,12);2*1H/t3-,4-;;/m0../s1. The molecule has 6 nitrogen and oxygen atoms in total. The van der Waals surface area contributed by atoms with E-state index in [1.807, 2.05) is 0 Å². The van der Waals surface area contributed by atoms with Gasteiger partial charge in [-0.1, -0.05) is 0 Å². The summed E-state index contributed by atoms with van der Waals surface area (Å²) in [4.78, 5) is 20.8. The van der Waals surface area contributed by atoms with Crippen molar-refractivity contribution in [1.82, 2.24) is 0 Å². The zero-order valence-corrected chi connectivity index (χ0v) is 13.2. The normalized spacial score (nSPS) is 12.9. The molecule has 0 fully saturated rings. The number of carboxylic acid groups (broad SMARTS) is 2. The molecule has 0 rings (SSSR count). The Hall–Kier alpha value is 0.479. The van der Waals surface area contributed by atoms with Crippen molar-refractivity contribution in [2.24, 2.45) is 0 Å². The minimum atomic E-state index is -0.882. The fraction of sp³-hybridized carbons (Fsp3) is 0.667. The molecular weight excluding hydrogens is 393 g/mol. The van der Waals surface area contributed by atoms with Gasteiger partial charge in [0.15, 0.2) is 0 Å². The Morgan fingerprint density at radius 3 is 1.38 bits per heavy atom. The van der Waals surface area contributed by atoms with Crippen LogP contribution in [0.3, 0.4) is 0 Å². The van der Waals surface area contributed by atoms with Crippen molar-refractivity contribution in [3.8, 4) is 0 Å². The second-order valence-electron chi connectivity index (χ2n) is 2.64. The van der Waals surface area contributed by atoms with Crippen LogP contribution in [0.1, 0.15) is 0 Å². The van der Waals surface area contributed by atoms with Crippen LogP contribution in [0.15, 0.2) is 0 Å². The van der Waals surface area contributed by atoms with Crippen LogP contribution in [0.5, 0.6) is 0 Å². The Labute approximate surface area is 117 Å². The van der Waals surface area contributed by atoms with Gasteiger partial charge in [0.1, 0.15) is 0 Å². The fourth-order valence-corrected chi connectivity index (χ4v) is 7.77. The monoisotopic (exact) mass is 408 g/mol. The van der Waals surface area contributed by atoms with Gasteiger partial charge in [0.2, 0.25) is 0 Å². The molecule has 98 valence electrons. The van der Waals surface area contributed by atoms with Gasteiger partial charge in [-0.05, 0) is 0 Å². The number of quaternary nitrogens is 2. The van der Waals surface area contributed by atoms with Crippen molar-refractivity contribution >= 4 is 38.2 Å². The van der Waals surface area contributed by atoms with Gasteiger partial charge in [-0.25, -0.2) is 0 Å². The SMILES string of the molecule is [Cl-].[Cl-].[NH3+][C@@H](C[Se][Se]C[C@H]([NH3+])C(=O)O)C(=O)O. The van der Waals surface area contributed by atoms with Crippen molar-refractivity contribution in [1.29, 1.82) is 0 Å². The summed E-state index contributed by atoms with van der Waals surface area (Å²) in [5.41, 5.74) is 6.97. The summed E-state index contributed by atoms with van der Waals surface area (Å²) >= 11 is 0.423. The zero-order chi connectivity index (χ0) is 11.1. The van der Waals surface area contributed by atoms with E-state index in [-0.39, 0.29) is 51.1 Å². The molecule has 0 aromatic carbocycles. The molecule has 0 spiro atoms. The molecule has 0 aliphatic carbocycles. The number of carboxylic acids is 2. The van der Waals surface area contributed by atoms with Gasteiger partial charge >= 0.3 is 92.2 Å². The van der Waals surface area contributed by atoms with Crippen LogP contribution < -0.4 is 36.3 Å². The Morgan fingerprint density at radius 2 is 1.19 bits per heavy atom. The summed E-state index contributed by atoms with van der Waals surface area (Å²) in [6, 6.07) is -1.10. The van der Waals surface area contributed by atoms with Crippen molar-refractivity contribution in [3.05, 3.63) is 0 Å². The molecule has 8 N–H and O–H groups in total. The van der Waals surface area contributed by atoms with E-state index in [1.165, 1.54) is 0 Å². The maximum absolute atomic E-state index is 10.4. The molecule has 0 bridgehead atoms. The quantitative estimate of drug-likeness (QED) is 0.247. The molecular formula is C6H14Cl2N2O4Se2. The zero-order valence-electron chi connectivity index (χ0n) is 8.27. The molecule has 0 aromatic rings. The minimum absolute atomic E-state index is 0. The van der Waals surface area contributed by atoms with E-state index < -0.39 is 24.0 Å². The number of aliphatic carboxylic acids is 2. The third kappa shape index (κ3) is 11.0. The molecule has 0 unspecified atom stereocenters. The van der Waals surface area contributed by atoms with Crippen LogP contribution in [0.25, 0.3) is 0 Å². The average molecular weight is 407 g/mol. The van der Waals surface area contributed by atoms with Gasteiger partial charge in [0, 0.05) is 0 Å². The second-order valence-corrected chi connectivity index (χ2v) is 10.2. The molecule has 0 aliphatic rings. The number of rotatable bonds is 7. The number of hydrogen-bond donors (Lipinski definition) is 4. The molecule has 0 amide bonds. The molecule has 10 heteroatoms. The Bertz CT molecular complexity index is 201. The van der Waals surface area contributed by atoms with Crippen LogP contribution in [0.2, 0.25) is 10.6 Å². The van der Waals surface area contributed by atoms with E-state index in [2.05, 4.69) is 11.5 Å². The third-order valence-electron chi connectivity index (χ3n) is 1.32. The topological polar surface area (TPSA) is 130 Å². The van der Waals surface area contributed by atoms with Gasteiger partial charge in [-0.3, -0.25) is 0 Å². The number of carbonyl (C=O) groups is 2. The van der Waals surface area contributed by atoms with Gasteiger partial charge in [-0.15, -0.1) is 0 Å². The summed E-state index contributed by atoms with van der Waals surface area (Å²) in [5, 5.41) is 18.2. The number of hydrogen-bond acceptors (Lipinski definition) is 2. The van der Waals surface area contributed by atoms with E-state index in [0.717, 1.165) is 0 Å². The van der Waals surface area contributed by atoms with Gasteiger partial charge in [0.25, 0.3) is 0 Å². The van der Waals surface area contributed by atoms with Gasteiger partial charge < -0.3 is 24.8 Å². The Morgan fingerprint density at radius 1 is 0.938 bits per heavy atom. The summed E-state index contributed by atoms with van der Waals surface area (Å²) in [6.07, 6.45) is 0. The molecule has 16 heavy (non-hydrogen) atoms. The first-order valence-corrected chi connectivity index (χ1v) is 10.6. The van der Waals surface area contributed by atoms with E-state index in [1.54, 1.807) is 0 Å². The number of halogens is 2. The second kappa shape index (κ2) is 11.9. The van der Waals surface area contributed by atoms with E-state index in [0.29, 0.717) is 10.6 Å². The summed E-state index contributed by atoms with van der Waals surface area (Å²) in [7, 11) is 0. The summed E-state index contributed by atoms with van der Waals surface area (Å²) in [6.45, 7) is 0. The molecule has 0 aliphatic heterocycles. The molecule has 0 radical (unpaired) electrons. The molecule has 0 saturated heterocycles. The van der Waals surface area contributed by atoms with Crippen molar-refractivity contribution in [2.75, 3.05) is 0 Å². The van der Waals surface area contributed by atoms with E-state index in [9.17, 15) is 9.59 Å². The maximum atomic E-state index is 10.4. The van der Waals surface area contributed by atoms with Gasteiger partial charge in [0.05, 0.1) is 0 Å². The van der Waals surface area contributed by atoms with Crippen LogP contribution in [-0.4, -0.2) is 60.5 Å². The van der Waals surface area contributed by atoms with E-state index in [4.69, 9.17) is 10.2 Å². The summed E-state index contributed by atoms with van der Waals surface area (Å²) < 4.78 is 0. The van der Waals surface area contributed by atoms with Gasteiger partial charge in [-0.2, -0.15) is 0 Å². The Kier molecular flexibility index (Phi) is 16.2. The Balaban J connectivity index is -0.000000845. The van der Waals surface area contributed by atoms with E-state index >= 15 is 0 Å². The van der Waals surface area contributed by atoms with Crippen LogP contribution >= 0.6 is 0 Å². The van der Waals surface area contributed by atoms with Crippen LogP contribution in [0, 0.1) is 0 Å². The summed E-state index contributed by atoms with van der Waals surface area (Å²) in [5.74, 6) is -1.76. The average Bonchev–Trinajstić information content (AvgIpc) is 2.11. The molecule has 0 saturated carbocycles. The van der Waals surface area contributed by atoms with Crippen molar-refractivity contribution < 1.29 is 56.1 Å². The predicted octanol–water partition coefficient (Wildman–Crippen LogP) is -9.46. The molecule has 0 aromatic heterocycles. The van der Waals surface area contributed by atoms with Crippen molar-refractivity contribution in [2.45, 2.75) is 22.7 Å². The predicted molar refractivity (Wildman–Crippen MR) is 49.7 cm³/mol. The first kappa shape index (κ1) is 21.7. The fourth-order valence-electron chi connectivity index (χ4n) is 0.403. The first-order chi connectivity index (χ1) is 6.45. The molecule has 2 atom stereocenters. The van der Waals surface area contributed by atoms with Crippen LogP contribution in [-0.2, 0) is 9.59 Å². The van der Waals surface area contributed by atoms with Crippen molar-refractivity contribution in [3.63, 3.8) is 0 Å². The van der Waals surface area contributed by atoms with Crippen LogP contribution in [0.4, 0.5) is 0 Å².